The van der Waals surface area contributed by atoms with Crippen molar-refractivity contribution in [3.63, 3.8) is 0 Å². The summed E-state index contributed by atoms with van der Waals surface area (Å²) in [6.45, 7) is 4.92. The van der Waals surface area contributed by atoms with Crippen molar-refractivity contribution in [3.8, 4) is 0 Å². The minimum atomic E-state index is 0.723. The fourth-order valence-corrected chi connectivity index (χ4v) is 3.30. The summed E-state index contributed by atoms with van der Waals surface area (Å²) >= 11 is 1.99. The summed E-state index contributed by atoms with van der Waals surface area (Å²) in [5.41, 5.74) is 7.40. The lowest BCUT2D eigenvalue weighted by molar-refractivity contribution is 0.324. The van der Waals surface area contributed by atoms with Gasteiger partial charge in [-0.15, -0.1) is 0 Å². The van der Waals surface area contributed by atoms with Crippen molar-refractivity contribution < 1.29 is 0 Å². The van der Waals surface area contributed by atoms with Gasteiger partial charge in [0.15, 0.2) is 5.96 Å². The van der Waals surface area contributed by atoms with Gasteiger partial charge in [0.25, 0.3) is 0 Å². The minimum Gasteiger partial charge on any atom is -0.370 e. The zero-order chi connectivity index (χ0) is 14.9. The molecule has 1 fully saturated rings. The maximum atomic E-state index is 6.04. The highest BCUT2D eigenvalue weighted by atomic mass is 32.2. The Morgan fingerprint density at radius 2 is 2.00 bits per heavy atom. The van der Waals surface area contributed by atoms with Crippen LogP contribution >= 0.6 is 11.8 Å². The van der Waals surface area contributed by atoms with E-state index in [1.54, 1.807) is 0 Å². The molecule has 0 saturated carbocycles. The first-order valence-electron chi connectivity index (χ1n) is 7.61. The van der Waals surface area contributed by atoms with Crippen LogP contribution in [0, 0.1) is 0 Å². The van der Waals surface area contributed by atoms with Crippen molar-refractivity contribution in [2.24, 2.45) is 10.7 Å². The van der Waals surface area contributed by atoms with E-state index in [0.29, 0.717) is 0 Å². The molecule has 0 bridgehead atoms. The smallest absolute Gasteiger partial charge is 0.191 e. The van der Waals surface area contributed by atoms with E-state index in [9.17, 15) is 0 Å². The van der Waals surface area contributed by atoms with Crippen LogP contribution in [-0.2, 0) is 6.54 Å². The van der Waals surface area contributed by atoms with E-state index in [-0.39, 0.29) is 0 Å². The molecule has 116 valence electrons. The normalized spacial score (nSPS) is 16.5. The van der Waals surface area contributed by atoms with Crippen molar-refractivity contribution >= 4 is 17.7 Å². The van der Waals surface area contributed by atoms with Crippen LogP contribution in [0.3, 0.4) is 0 Å². The molecule has 0 spiro atoms. The third-order valence-electron chi connectivity index (χ3n) is 3.60. The molecule has 0 atom stereocenters. The van der Waals surface area contributed by atoms with Crippen molar-refractivity contribution in [1.29, 1.82) is 0 Å². The van der Waals surface area contributed by atoms with Crippen molar-refractivity contribution in [1.82, 2.24) is 9.80 Å². The first-order valence-corrected chi connectivity index (χ1v) is 8.76. The van der Waals surface area contributed by atoms with E-state index in [1.165, 1.54) is 5.56 Å². The molecule has 2 N–H and O–H groups in total. The molecule has 1 saturated heterocycles. The number of benzene rings is 1. The zero-order valence-corrected chi connectivity index (χ0v) is 13.7. The van der Waals surface area contributed by atoms with Crippen molar-refractivity contribution in [2.45, 2.75) is 13.0 Å². The van der Waals surface area contributed by atoms with Gasteiger partial charge in [0, 0.05) is 37.7 Å². The van der Waals surface area contributed by atoms with Gasteiger partial charge in [-0.25, -0.2) is 0 Å². The van der Waals surface area contributed by atoms with E-state index in [2.05, 4.69) is 52.2 Å². The molecule has 1 heterocycles. The zero-order valence-electron chi connectivity index (χ0n) is 12.9. The highest BCUT2D eigenvalue weighted by Gasteiger charge is 2.11. The summed E-state index contributed by atoms with van der Waals surface area (Å²) in [6, 6.07) is 10.6. The van der Waals surface area contributed by atoms with Crippen LogP contribution in [0.5, 0.6) is 0 Å². The van der Waals surface area contributed by atoms with Crippen LogP contribution in [-0.4, -0.2) is 60.5 Å². The van der Waals surface area contributed by atoms with Gasteiger partial charge in [0.05, 0.1) is 0 Å². The molecule has 1 aromatic carbocycles. The molecule has 5 heteroatoms. The lowest BCUT2D eigenvalue weighted by Crippen LogP contribution is -2.42. The molecule has 1 aliphatic heterocycles. The van der Waals surface area contributed by atoms with Gasteiger partial charge in [-0.2, -0.15) is 11.8 Å². The van der Waals surface area contributed by atoms with Gasteiger partial charge in [-0.3, -0.25) is 4.99 Å². The number of rotatable bonds is 6. The van der Waals surface area contributed by atoms with Crippen LogP contribution in [0.4, 0.5) is 0 Å². The summed E-state index contributed by atoms with van der Waals surface area (Å²) in [7, 11) is 2.15. The molecule has 21 heavy (non-hydrogen) atoms. The standard InChI is InChI=1S/C16H26N4S/c1-19(14-15-6-3-2-4-7-15)9-5-8-18-16(17)20-10-12-21-13-11-20/h2-4,6-7H,5,8-14H2,1H3,(H2,17,18). The number of nitrogens with zero attached hydrogens (tertiary/aromatic N) is 3. The lowest BCUT2D eigenvalue weighted by atomic mass is 10.2. The second kappa shape index (κ2) is 8.95. The average molecular weight is 306 g/mol. The van der Waals surface area contributed by atoms with Gasteiger partial charge in [-0.1, -0.05) is 30.3 Å². The Labute approximate surface area is 132 Å². The quantitative estimate of drug-likeness (QED) is 0.495. The number of guanidine groups is 1. The number of nitrogens with two attached hydrogens (primary N) is 1. The van der Waals surface area contributed by atoms with E-state index < -0.39 is 0 Å². The van der Waals surface area contributed by atoms with Crippen LogP contribution in [0.25, 0.3) is 0 Å². The Morgan fingerprint density at radius 3 is 2.71 bits per heavy atom. The second-order valence-corrected chi connectivity index (χ2v) is 6.64. The highest BCUT2D eigenvalue weighted by molar-refractivity contribution is 7.99. The highest BCUT2D eigenvalue weighted by Crippen LogP contribution is 2.08. The van der Waals surface area contributed by atoms with Crippen LogP contribution < -0.4 is 5.73 Å². The molecule has 0 unspecified atom stereocenters. The molecule has 2 rings (SSSR count). The third-order valence-corrected chi connectivity index (χ3v) is 4.54. The predicted octanol–water partition coefficient (Wildman–Crippen LogP) is 1.87. The van der Waals surface area contributed by atoms with Crippen LogP contribution in [0.15, 0.2) is 35.3 Å². The predicted molar refractivity (Wildman–Crippen MR) is 92.8 cm³/mol. The van der Waals surface area contributed by atoms with Gasteiger partial charge in [0.2, 0.25) is 0 Å². The Kier molecular flexibility index (Phi) is 6.89. The third kappa shape index (κ3) is 5.98. The number of thioether (sulfide) groups is 1. The van der Waals surface area contributed by atoms with Gasteiger partial charge in [-0.05, 0) is 25.6 Å². The number of hydrogen-bond donors (Lipinski definition) is 1. The molecule has 0 aromatic heterocycles. The van der Waals surface area contributed by atoms with Crippen LogP contribution in [0.2, 0.25) is 0 Å². The van der Waals surface area contributed by atoms with Crippen molar-refractivity contribution in [3.05, 3.63) is 35.9 Å². The molecule has 1 aromatic rings. The second-order valence-electron chi connectivity index (χ2n) is 5.42. The van der Waals surface area contributed by atoms with Gasteiger partial charge < -0.3 is 15.5 Å². The molecule has 1 aliphatic rings. The summed E-state index contributed by atoms with van der Waals surface area (Å²) < 4.78 is 0. The van der Waals surface area contributed by atoms with E-state index >= 15 is 0 Å². The number of hydrogen-bond acceptors (Lipinski definition) is 3. The van der Waals surface area contributed by atoms with Crippen LogP contribution in [0.1, 0.15) is 12.0 Å². The molecule has 0 radical (unpaired) electrons. The fourth-order valence-electron chi connectivity index (χ4n) is 2.40. The Hall–Kier alpha value is -1.20. The number of aliphatic imine (C=N–C) groups is 1. The fraction of sp³-hybridized carbons (Fsp3) is 0.562. The summed E-state index contributed by atoms with van der Waals surface area (Å²) in [4.78, 5) is 9.04. The largest absolute Gasteiger partial charge is 0.370 e. The molecular formula is C16H26N4S. The first-order chi connectivity index (χ1) is 10.3. The monoisotopic (exact) mass is 306 g/mol. The van der Waals surface area contributed by atoms with Crippen molar-refractivity contribution in [2.75, 3.05) is 44.7 Å². The minimum absolute atomic E-state index is 0.723. The Bertz CT molecular complexity index is 429. The SMILES string of the molecule is CN(CCCN=C(N)N1CCSCC1)Cc1ccccc1. The molecule has 4 nitrogen and oxygen atoms in total. The van der Waals surface area contributed by atoms with Gasteiger partial charge >= 0.3 is 0 Å². The molecule has 0 aliphatic carbocycles. The first kappa shape index (κ1) is 16.2. The molecule has 0 amide bonds. The Morgan fingerprint density at radius 1 is 1.29 bits per heavy atom. The van der Waals surface area contributed by atoms with E-state index in [4.69, 9.17) is 5.73 Å². The molecular weight excluding hydrogens is 280 g/mol. The lowest BCUT2D eigenvalue weighted by Gasteiger charge is -2.27. The maximum Gasteiger partial charge on any atom is 0.191 e. The van der Waals surface area contributed by atoms with E-state index in [1.807, 2.05) is 11.8 Å². The summed E-state index contributed by atoms with van der Waals surface area (Å²) in [5, 5.41) is 0. The Balaban J connectivity index is 1.64. The average Bonchev–Trinajstić information content (AvgIpc) is 2.53. The van der Waals surface area contributed by atoms with E-state index in [0.717, 1.165) is 56.6 Å². The van der Waals surface area contributed by atoms with Gasteiger partial charge in [0.1, 0.15) is 0 Å². The topological polar surface area (TPSA) is 44.9 Å². The maximum absolute atomic E-state index is 6.04. The summed E-state index contributed by atoms with van der Waals surface area (Å²) in [5.74, 6) is 3.05. The summed E-state index contributed by atoms with van der Waals surface area (Å²) in [6.07, 6.45) is 1.05.